The van der Waals surface area contributed by atoms with E-state index in [9.17, 15) is 9.59 Å². The van der Waals surface area contributed by atoms with E-state index in [2.05, 4.69) is 43.0 Å². The third-order valence-corrected chi connectivity index (χ3v) is 7.84. The zero-order chi connectivity index (χ0) is 25.1. The second-order valence-electron chi connectivity index (χ2n) is 10.2. The van der Waals surface area contributed by atoms with Gasteiger partial charge in [0.1, 0.15) is 17.9 Å². The topological polar surface area (TPSA) is 66.7 Å². The summed E-state index contributed by atoms with van der Waals surface area (Å²) in [5.41, 5.74) is 5.29. The highest BCUT2D eigenvalue weighted by Gasteiger charge is 2.48. The van der Waals surface area contributed by atoms with Gasteiger partial charge in [-0.1, -0.05) is 18.2 Å². The number of fused-ring (bicyclic) bond motifs is 3. The van der Waals surface area contributed by atoms with Crippen LogP contribution in [0.5, 0.6) is 0 Å². The number of carbonyl (C=O) groups excluding carboxylic acids is 2. The number of hydrazone groups is 1. The van der Waals surface area contributed by atoms with Gasteiger partial charge in [-0.15, -0.1) is 0 Å². The first kappa shape index (κ1) is 23.3. The Kier molecular flexibility index (Phi) is 5.55. The molecule has 0 spiro atoms. The summed E-state index contributed by atoms with van der Waals surface area (Å²) >= 11 is 0. The number of esters is 1. The largest absolute Gasteiger partial charge is 0.462 e. The summed E-state index contributed by atoms with van der Waals surface area (Å²) in [6.45, 7) is 8.62. The number of hydrogen-bond acceptors (Lipinski definition) is 5. The normalized spacial score (nSPS) is 26.5. The van der Waals surface area contributed by atoms with Crippen molar-refractivity contribution < 1.29 is 19.2 Å². The molecule has 5 rings (SSSR count). The lowest BCUT2D eigenvalue weighted by atomic mass is 9.79. The lowest BCUT2D eigenvalue weighted by molar-refractivity contribution is -0.828. The van der Waals surface area contributed by atoms with Crippen LogP contribution in [0, 0.1) is 5.92 Å². The smallest absolute Gasteiger partial charge is 0.338 e. The molecular weight excluding hydrogens is 440 g/mol. The Bertz CT molecular complexity index is 1260. The minimum Gasteiger partial charge on any atom is -0.462 e. The Balaban J connectivity index is 1.45. The molecule has 0 radical (unpaired) electrons. The van der Waals surface area contributed by atoms with Crippen molar-refractivity contribution in [3.63, 3.8) is 0 Å². The first-order chi connectivity index (χ1) is 16.7. The van der Waals surface area contributed by atoms with Gasteiger partial charge < -0.3 is 9.64 Å². The van der Waals surface area contributed by atoms with E-state index in [1.165, 1.54) is 10.6 Å². The van der Waals surface area contributed by atoms with Crippen molar-refractivity contribution >= 4 is 29.0 Å². The van der Waals surface area contributed by atoms with Crippen molar-refractivity contribution in [3.05, 3.63) is 71.3 Å². The van der Waals surface area contributed by atoms with E-state index in [-0.39, 0.29) is 35.4 Å². The maximum Gasteiger partial charge on any atom is 0.338 e. The monoisotopic (exact) mass is 473 g/mol. The second kappa shape index (κ2) is 8.34. The van der Waals surface area contributed by atoms with Crippen LogP contribution in [0.3, 0.4) is 0 Å². The number of hydrogen-bond donors (Lipinski definition) is 1. The van der Waals surface area contributed by atoms with E-state index in [0.29, 0.717) is 17.7 Å². The van der Waals surface area contributed by atoms with Crippen molar-refractivity contribution in [2.75, 3.05) is 25.6 Å². The van der Waals surface area contributed by atoms with Gasteiger partial charge in [0.05, 0.1) is 41.8 Å². The van der Waals surface area contributed by atoms with E-state index in [1.54, 1.807) is 5.01 Å². The summed E-state index contributed by atoms with van der Waals surface area (Å²) in [6, 6.07) is 13.8. The Morgan fingerprint density at radius 2 is 1.94 bits per heavy atom. The summed E-state index contributed by atoms with van der Waals surface area (Å²) in [7, 11) is 4.20. The average Bonchev–Trinajstić information content (AvgIpc) is 3.27. The molecule has 3 heterocycles. The highest BCUT2D eigenvalue weighted by molar-refractivity contribution is 6.04. The maximum atomic E-state index is 13.2. The first-order valence-electron chi connectivity index (χ1n) is 12.2. The summed E-state index contributed by atoms with van der Waals surface area (Å²) < 4.78 is 5.22. The Morgan fingerprint density at radius 1 is 1.20 bits per heavy atom. The summed E-state index contributed by atoms with van der Waals surface area (Å²) in [5, 5.41) is 6.29. The predicted octanol–water partition coefficient (Wildman–Crippen LogP) is 3.15. The first-order valence-corrected chi connectivity index (χ1v) is 12.2. The molecule has 3 aliphatic heterocycles. The molecule has 4 unspecified atom stereocenters. The summed E-state index contributed by atoms with van der Waals surface area (Å²) in [4.78, 5) is 28.9. The van der Waals surface area contributed by atoms with Crippen LogP contribution >= 0.6 is 0 Å². The number of nitrogens with zero attached hydrogens (tertiary/aromatic N) is 3. The molecule has 0 saturated carbocycles. The van der Waals surface area contributed by atoms with Crippen LogP contribution < -0.4 is 9.80 Å². The standard InChI is InChI=1S/C28H32N4O3/c1-7-35-27(34)18-12-14-23-21(16-18)28(3,4)24(30(23)5)15-13-19-17(2)29-32-25(19)31(6)22-11-9-8-10-20(22)26(32)33/h8-16,19,24-25H,7H2,1-6H3/p+1. The number of amides is 1. The van der Waals surface area contributed by atoms with E-state index in [1.807, 2.05) is 63.4 Å². The van der Waals surface area contributed by atoms with E-state index in [0.717, 1.165) is 17.0 Å². The van der Waals surface area contributed by atoms with Crippen molar-refractivity contribution in [3.8, 4) is 0 Å². The zero-order valence-electron chi connectivity index (χ0n) is 21.2. The van der Waals surface area contributed by atoms with Crippen LogP contribution in [0.4, 0.5) is 11.4 Å². The van der Waals surface area contributed by atoms with Gasteiger partial charge in [-0.2, -0.15) is 5.10 Å². The van der Waals surface area contributed by atoms with Crippen LogP contribution in [-0.2, 0) is 10.2 Å². The molecular formula is C28H33N4O3+. The fraction of sp³-hybridized carbons (Fsp3) is 0.393. The highest BCUT2D eigenvalue weighted by atomic mass is 16.5. The SMILES string of the molecule is CCOC(=O)c1ccc2c(c1)C(C)(C)C(C=CC1C(C)=NN3C(=O)c4ccccc4N(C)C13)[NH+]2C. The Labute approximate surface area is 206 Å². The van der Waals surface area contributed by atoms with Crippen molar-refractivity contribution in [1.82, 2.24) is 5.01 Å². The molecule has 1 N–H and O–H groups in total. The fourth-order valence-electron chi connectivity index (χ4n) is 5.96. The number of nitrogens with one attached hydrogen (secondary N) is 1. The number of anilines is 1. The van der Waals surface area contributed by atoms with Crippen LogP contribution in [-0.4, -0.2) is 55.5 Å². The van der Waals surface area contributed by atoms with Gasteiger partial charge in [0.25, 0.3) is 5.91 Å². The van der Waals surface area contributed by atoms with E-state index in [4.69, 9.17) is 4.74 Å². The molecule has 0 aliphatic carbocycles. The molecule has 182 valence electrons. The minimum atomic E-state index is -0.286. The van der Waals surface area contributed by atoms with Crippen molar-refractivity contribution in [2.24, 2.45) is 11.0 Å². The van der Waals surface area contributed by atoms with Crippen molar-refractivity contribution in [1.29, 1.82) is 0 Å². The predicted molar refractivity (Wildman–Crippen MR) is 136 cm³/mol. The number of benzene rings is 2. The molecule has 0 fully saturated rings. The van der Waals surface area contributed by atoms with Crippen LogP contribution in [0.15, 0.2) is 59.7 Å². The van der Waals surface area contributed by atoms with Crippen LogP contribution in [0.25, 0.3) is 0 Å². The van der Waals surface area contributed by atoms with Gasteiger partial charge in [0, 0.05) is 24.4 Å². The molecule has 0 bridgehead atoms. The quantitative estimate of drug-likeness (QED) is 0.547. The molecule has 0 aromatic heterocycles. The number of ether oxygens (including phenoxy) is 1. The average molecular weight is 474 g/mol. The van der Waals surface area contributed by atoms with E-state index < -0.39 is 0 Å². The molecule has 2 aromatic rings. The lowest BCUT2D eigenvalue weighted by Gasteiger charge is -2.40. The second-order valence-corrected chi connectivity index (χ2v) is 10.2. The highest BCUT2D eigenvalue weighted by Crippen LogP contribution is 2.40. The van der Waals surface area contributed by atoms with Gasteiger partial charge >= 0.3 is 5.97 Å². The van der Waals surface area contributed by atoms with Gasteiger partial charge in [-0.25, -0.2) is 9.80 Å². The molecule has 3 aliphatic rings. The molecule has 2 aromatic carbocycles. The lowest BCUT2D eigenvalue weighted by Crippen LogP contribution is -3.07. The van der Waals surface area contributed by atoms with Crippen molar-refractivity contribution in [2.45, 2.75) is 45.3 Å². The van der Waals surface area contributed by atoms with Crippen LogP contribution in [0.1, 0.15) is 54.0 Å². The molecule has 7 heteroatoms. The minimum absolute atomic E-state index is 0.0142. The third-order valence-electron chi connectivity index (χ3n) is 7.84. The van der Waals surface area contributed by atoms with Crippen LogP contribution in [0.2, 0.25) is 0 Å². The molecule has 0 saturated heterocycles. The third kappa shape index (κ3) is 3.48. The molecule has 1 amide bonds. The van der Waals surface area contributed by atoms with Gasteiger partial charge in [-0.3, -0.25) is 9.69 Å². The number of para-hydroxylation sites is 1. The Hall–Kier alpha value is -3.45. The number of carbonyl (C=O) groups is 2. The van der Waals surface area contributed by atoms with Gasteiger partial charge in [0.15, 0.2) is 0 Å². The molecule has 35 heavy (non-hydrogen) atoms. The number of rotatable bonds is 4. The number of quaternary nitrogens is 1. The van der Waals surface area contributed by atoms with E-state index >= 15 is 0 Å². The van der Waals surface area contributed by atoms with Gasteiger partial charge in [0.2, 0.25) is 0 Å². The summed E-state index contributed by atoms with van der Waals surface area (Å²) in [5.74, 6) is -0.354. The maximum absolute atomic E-state index is 13.2. The molecule has 7 nitrogen and oxygen atoms in total. The zero-order valence-corrected chi connectivity index (χ0v) is 21.2. The fourth-order valence-corrected chi connectivity index (χ4v) is 5.96. The number of likely N-dealkylation sites (N-methyl/N-ethyl adjacent to an activating group) is 1. The van der Waals surface area contributed by atoms with Gasteiger partial charge in [-0.05, 0) is 58.0 Å². The summed E-state index contributed by atoms with van der Waals surface area (Å²) in [6.07, 6.45) is 4.30. The Morgan fingerprint density at radius 3 is 2.69 bits per heavy atom. The molecule has 4 atom stereocenters.